The minimum Gasteiger partial charge on any atom is -0.393 e. The molecule has 1 heterocycles. The van der Waals surface area contributed by atoms with E-state index in [0.29, 0.717) is 6.04 Å². The SMILES string of the molecule is CCN1CCC(N(C)C2CCCC(O)C2)CC1. The van der Waals surface area contributed by atoms with Crippen molar-refractivity contribution in [1.82, 2.24) is 9.80 Å². The van der Waals surface area contributed by atoms with Gasteiger partial charge in [-0.05, 0) is 65.2 Å². The molecule has 2 unspecified atom stereocenters. The van der Waals surface area contributed by atoms with E-state index in [2.05, 4.69) is 23.8 Å². The first-order chi connectivity index (χ1) is 8.20. The lowest BCUT2D eigenvalue weighted by Gasteiger charge is -2.42. The van der Waals surface area contributed by atoms with Crippen molar-refractivity contribution >= 4 is 0 Å². The zero-order valence-electron chi connectivity index (χ0n) is 11.4. The van der Waals surface area contributed by atoms with E-state index in [4.69, 9.17) is 0 Å². The van der Waals surface area contributed by atoms with Crippen LogP contribution in [0.4, 0.5) is 0 Å². The first-order valence-corrected chi connectivity index (χ1v) is 7.33. The molecule has 17 heavy (non-hydrogen) atoms. The molecule has 0 radical (unpaired) electrons. The van der Waals surface area contributed by atoms with E-state index in [1.54, 1.807) is 0 Å². The molecule has 2 fully saturated rings. The molecule has 1 saturated heterocycles. The standard InChI is InChI=1S/C14H28N2O/c1-3-16-9-7-12(8-10-16)15(2)13-5-4-6-14(17)11-13/h12-14,17H,3-11H2,1-2H3. The number of likely N-dealkylation sites (tertiary alicyclic amines) is 1. The van der Waals surface area contributed by atoms with Gasteiger partial charge in [-0.1, -0.05) is 6.92 Å². The number of hydrogen-bond acceptors (Lipinski definition) is 3. The fourth-order valence-electron chi connectivity index (χ4n) is 3.45. The van der Waals surface area contributed by atoms with Gasteiger partial charge in [0, 0.05) is 12.1 Å². The van der Waals surface area contributed by atoms with Crippen LogP contribution in [0, 0.1) is 0 Å². The van der Waals surface area contributed by atoms with Gasteiger partial charge < -0.3 is 14.9 Å². The summed E-state index contributed by atoms with van der Waals surface area (Å²) in [5.74, 6) is 0. The van der Waals surface area contributed by atoms with Crippen molar-refractivity contribution in [3.8, 4) is 0 Å². The molecule has 0 spiro atoms. The monoisotopic (exact) mass is 240 g/mol. The third-order valence-electron chi connectivity index (χ3n) is 4.78. The first-order valence-electron chi connectivity index (χ1n) is 7.33. The largest absolute Gasteiger partial charge is 0.393 e. The zero-order valence-corrected chi connectivity index (χ0v) is 11.4. The Hall–Kier alpha value is -0.120. The molecule has 0 amide bonds. The van der Waals surface area contributed by atoms with Crippen LogP contribution in [0.5, 0.6) is 0 Å². The predicted molar refractivity (Wildman–Crippen MR) is 71.2 cm³/mol. The quantitative estimate of drug-likeness (QED) is 0.813. The highest BCUT2D eigenvalue weighted by atomic mass is 16.3. The Kier molecular flexibility index (Phi) is 4.83. The highest BCUT2D eigenvalue weighted by Gasteiger charge is 2.29. The van der Waals surface area contributed by atoms with Crippen LogP contribution in [0.1, 0.15) is 45.4 Å². The average molecular weight is 240 g/mol. The molecular formula is C14H28N2O. The molecular weight excluding hydrogens is 212 g/mol. The molecule has 1 aliphatic carbocycles. The first kappa shape index (κ1) is 13.3. The van der Waals surface area contributed by atoms with Gasteiger partial charge in [0.2, 0.25) is 0 Å². The summed E-state index contributed by atoms with van der Waals surface area (Å²) in [6, 6.07) is 1.37. The summed E-state index contributed by atoms with van der Waals surface area (Å²) in [5, 5.41) is 9.77. The lowest BCUT2D eigenvalue weighted by atomic mass is 9.90. The maximum Gasteiger partial charge on any atom is 0.0555 e. The normalized spacial score (nSPS) is 33.2. The van der Waals surface area contributed by atoms with Crippen LogP contribution in [0.15, 0.2) is 0 Å². The number of rotatable bonds is 3. The second kappa shape index (κ2) is 6.17. The lowest BCUT2D eigenvalue weighted by molar-refractivity contribution is 0.0361. The molecule has 100 valence electrons. The average Bonchev–Trinajstić information content (AvgIpc) is 2.38. The summed E-state index contributed by atoms with van der Waals surface area (Å²) in [6.07, 6.45) is 7.04. The van der Waals surface area contributed by atoms with Crippen LogP contribution in [0.3, 0.4) is 0 Å². The third-order valence-corrected chi connectivity index (χ3v) is 4.78. The van der Waals surface area contributed by atoms with Crippen molar-refractivity contribution < 1.29 is 5.11 Å². The van der Waals surface area contributed by atoms with Gasteiger partial charge >= 0.3 is 0 Å². The highest BCUT2D eigenvalue weighted by Crippen LogP contribution is 2.26. The Morgan fingerprint density at radius 2 is 1.82 bits per heavy atom. The minimum absolute atomic E-state index is 0.0491. The second-order valence-corrected chi connectivity index (χ2v) is 5.81. The number of piperidine rings is 1. The molecule has 1 N–H and O–H groups in total. The van der Waals surface area contributed by atoms with Crippen LogP contribution in [0.25, 0.3) is 0 Å². The highest BCUT2D eigenvalue weighted by molar-refractivity contribution is 4.85. The minimum atomic E-state index is -0.0491. The summed E-state index contributed by atoms with van der Waals surface area (Å²) in [6.45, 7) is 5.95. The van der Waals surface area contributed by atoms with Crippen LogP contribution >= 0.6 is 0 Å². The van der Waals surface area contributed by atoms with Gasteiger partial charge in [0.1, 0.15) is 0 Å². The number of aliphatic hydroxyl groups is 1. The molecule has 0 aromatic carbocycles. The van der Waals surface area contributed by atoms with Crippen molar-refractivity contribution in [2.45, 2.75) is 63.6 Å². The van der Waals surface area contributed by atoms with Crippen LogP contribution in [-0.2, 0) is 0 Å². The van der Waals surface area contributed by atoms with E-state index in [0.717, 1.165) is 18.9 Å². The van der Waals surface area contributed by atoms with E-state index in [-0.39, 0.29) is 6.10 Å². The summed E-state index contributed by atoms with van der Waals surface area (Å²) in [4.78, 5) is 5.11. The van der Waals surface area contributed by atoms with Gasteiger partial charge in [-0.2, -0.15) is 0 Å². The molecule has 3 nitrogen and oxygen atoms in total. The topological polar surface area (TPSA) is 26.7 Å². The van der Waals surface area contributed by atoms with Gasteiger partial charge in [0.15, 0.2) is 0 Å². The molecule has 3 heteroatoms. The molecule has 1 saturated carbocycles. The Bertz CT molecular complexity index is 226. The molecule has 2 atom stereocenters. The second-order valence-electron chi connectivity index (χ2n) is 5.81. The van der Waals surface area contributed by atoms with E-state index in [1.165, 1.54) is 45.3 Å². The fraction of sp³-hybridized carbons (Fsp3) is 1.00. The van der Waals surface area contributed by atoms with Gasteiger partial charge in [-0.3, -0.25) is 0 Å². The number of aliphatic hydroxyl groups excluding tert-OH is 1. The van der Waals surface area contributed by atoms with Crippen LogP contribution in [-0.4, -0.2) is 59.8 Å². The van der Waals surface area contributed by atoms with Gasteiger partial charge in [-0.15, -0.1) is 0 Å². The van der Waals surface area contributed by atoms with Crippen molar-refractivity contribution in [3.05, 3.63) is 0 Å². The molecule has 1 aliphatic heterocycles. The van der Waals surface area contributed by atoms with Gasteiger partial charge in [0.05, 0.1) is 6.10 Å². The number of hydrogen-bond donors (Lipinski definition) is 1. The molecule has 0 aromatic heterocycles. The summed E-state index contributed by atoms with van der Waals surface area (Å²) in [7, 11) is 2.27. The van der Waals surface area contributed by atoms with Crippen LogP contribution in [0.2, 0.25) is 0 Å². The summed E-state index contributed by atoms with van der Waals surface area (Å²) >= 11 is 0. The Morgan fingerprint density at radius 3 is 2.41 bits per heavy atom. The van der Waals surface area contributed by atoms with Crippen molar-refractivity contribution in [3.63, 3.8) is 0 Å². The van der Waals surface area contributed by atoms with E-state index < -0.39 is 0 Å². The van der Waals surface area contributed by atoms with Crippen molar-refractivity contribution in [1.29, 1.82) is 0 Å². The van der Waals surface area contributed by atoms with E-state index in [9.17, 15) is 5.11 Å². The molecule has 0 bridgehead atoms. The Labute approximate surface area is 106 Å². The third kappa shape index (κ3) is 3.43. The smallest absolute Gasteiger partial charge is 0.0555 e. The fourth-order valence-corrected chi connectivity index (χ4v) is 3.45. The van der Waals surface area contributed by atoms with E-state index >= 15 is 0 Å². The van der Waals surface area contributed by atoms with Crippen molar-refractivity contribution in [2.24, 2.45) is 0 Å². The maximum absolute atomic E-state index is 9.77. The Balaban J connectivity index is 1.81. The summed E-state index contributed by atoms with van der Waals surface area (Å²) < 4.78 is 0. The molecule has 0 aromatic rings. The molecule has 2 aliphatic rings. The van der Waals surface area contributed by atoms with Gasteiger partial charge in [0.25, 0.3) is 0 Å². The van der Waals surface area contributed by atoms with Crippen molar-refractivity contribution in [2.75, 3.05) is 26.7 Å². The summed E-state index contributed by atoms with van der Waals surface area (Å²) in [5.41, 5.74) is 0. The van der Waals surface area contributed by atoms with E-state index in [1.807, 2.05) is 0 Å². The predicted octanol–water partition coefficient (Wildman–Crippen LogP) is 1.71. The maximum atomic E-state index is 9.77. The Morgan fingerprint density at radius 1 is 1.12 bits per heavy atom. The lowest BCUT2D eigenvalue weighted by Crippen LogP contribution is -2.48. The van der Waals surface area contributed by atoms with Gasteiger partial charge in [-0.25, -0.2) is 0 Å². The zero-order chi connectivity index (χ0) is 12.3. The number of nitrogens with zero attached hydrogens (tertiary/aromatic N) is 2. The van der Waals surface area contributed by atoms with Crippen LogP contribution < -0.4 is 0 Å². The molecule has 2 rings (SSSR count).